The van der Waals surface area contributed by atoms with Gasteiger partial charge in [-0.05, 0) is 132 Å². The second-order valence-corrected chi connectivity index (χ2v) is 19.7. The van der Waals surface area contributed by atoms with Crippen LogP contribution in [0.3, 0.4) is 0 Å². The summed E-state index contributed by atoms with van der Waals surface area (Å²) in [5.41, 5.74) is 8.20. The number of carbonyl (C=O) groups excluding carboxylic acids is 4. The summed E-state index contributed by atoms with van der Waals surface area (Å²) in [6, 6.07) is 37.6. The fourth-order valence-electron chi connectivity index (χ4n) is 7.69. The number of rotatable bonds is 24. The van der Waals surface area contributed by atoms with E-state index in [9.17, 15) is 46.2 Å². The molecule has 0 fully saturated rings. The molecule has 0 unspecified atom stereocenters. The Kier molecular flexibility index (Phi) is 23.0. The van der Waals surface area contributed by atoms with E-state index in [1.165, 1.54) is 0 Å². The molecule has 388 valence electrons. The molecule has 0 bridgehead atoms. The Hall–Kier alpha value is -7.13. The van der Waals surface area contributed by atoms with Crippen molar-refractivity contribution in [2.75, 3.05) is 36.4 Å². The maximum absolute atomic E-state index is 13.2. The number of hydrogen-bond donors (Lipinski definition) is 2. The van der Waals surface area contributed by atoms with E-state index >= 15 is 0 Å². The van der Waals surface area contributed by atoms with Gasteiger partial charge in [0.25, 0.3) is 11.8 Å². The predicted molar refractivity (Wildman–Crippen MR) is 285 cm³/mol. The summed E-state index contributed by atoms with van der Waals surface area (Å²) < 4.78 is 65.7. The Balaban J connectivity index is 0.000000320. The third kappa shape index (κ3) is 18.6. The summed E-state index contributed by atoms with van der Waals surface area (Å²) >= 11 is 0. The quantitative estimate of drug-likeness (QED) is 0.0381. The van der Waals surface area contributed by atoms with Crippen LogP contribution in [0.15, 0.2) is 159 Å². The molecule has 0 aliphatic rings. The van der Waals surface area contributed by atoms with E-state index in [0.29, 0.717) is 35.3 Å². The molecule has 0 aliphatic carbocycles. The molecule has 2 atom stereocenters. The van der Waals surface area contributed by atoms with Crippen molar-refractivity contribution in [1.82, 2.24) is 0 Å². The SMILES string of the molecule is C=CCc1c(C(=O)Nc2ccc(C[C@H](OCC)C(=O)[O-])cc2)cccc1-c1ccc(OS(C)(=O)=O)cc1.C=CCc1c(C(=O)Nc2ccc(C[C@H](OCC)C(=O)[O-])cc2)cccc1-c1ccc(OS(C)(=O)=O)cc1.[Mg+2]. The van der Waals surface area contributed by atoms with Gasteiger partial charge in [-0.25, -0.2) is 0 Å². The summed E-state index contributed by atoms with van der Waals surface area (Å²) in [7, 11) is -7.27. The molecule has 0 spiro atoms. The molecule has 0 aromatic heterocycles. The van der Waals surface area contributed by atoms with Crippen LogP contribution in [0.2, 0.25) is 0 Å². The summed E-state index contributed by atoms with van der Waals surface area (Å²) in [6.07, 6.45) is 4.46. The van der Waals surface area contributed by atoms with Crippen molar-refractivity contribution in [3.63, 3.8) is 0 Å². The molecule has 2 N–H and O–H groups in total. The van der Waals surface area contributed by atoms with Crippen molar-refractivity contribution in [2.45, 2.75) is 51.7 Å². The van der Waals surface area contributed by atoms with Crippen molar-refractivity contribution >= 4 is 78.4 Å². The molecule has 0 saturated heterocycles. The third-order valence-electron chi connectivity index (χ3n) is 10.9. The number of allylic oxidation sites excluding steroid dienone is 2. The number of ether oxygens (including phenoxy) is 2. The topological polar surface area (TPSA) is 244 Å². The van der Waals surface area contributed by atoms with Crippen LogP contribution in [0, 0.1) is 0 Å². The van der Waals surface area contributed by atoms with Gasteiger partial charge < -0.3 is 48.3 Å². The standard InChI is InChI=1S/2C28H29NO7S.Mg/c2*1-4-7-24-23(20-12-16-22(17-13-20)36-37(3,33)34)8-6-9-25(24)27(30)29-21-14-10-19(11-15-21)18-26(28(31)32)35-5-2;/h2*4,6,8-17,26H,1,5,7,18H2,2-3H3,(H,29,30)(H,31,32);/q;;+2/p-2/t2*26-;/m00./s1. The monoisotopic (exact) mass is 1070 g/mol. The molecular weight excluding hydrogens is 1010 g/mol. The smallest absolute Gasteiger partial charge is 0.547 e. The van der Waals surface area contributed by atoms with Gasteiger partial charge in [0.1, 0.15) is 23.7 Å². The third-order valence-corrected chi connectivity index (χ3v) is 11.9. The number of carboxylic acids is 2. The summed E-state index contributed by atoms with van der Waals surface area (Å²) in [6.45, 7) is 11.6. The van der Waals surface area contributed by atoms with E-state index in [1.807, 2.05) is 12.1 Å². The number of amides is 2. The molecule has 6 rings (SSSR count). The van der Waals surface area contributed by atoms with Gasteiger partial charge in [-0.1, -0.05) is 84.9 Å². The van der Waals surface area contributed by atoms with Crippen LogP contribution < -0.4 is 29.2 Å². The van der Waals surface area contributed by atoms with Crippen molar-refractivity contribution < 1.29 is 64.1 Å². The number of carbonyl (C=O) groups is 4. The first kappa shape index (κ1) is 60.4. The minimum atomic E-state index is -3.64. The van der Waals surface area contributed by atoms with E-state index < -0.39 is 44.4 Å². The Labute approximate surface area is 453 Å². The normalized spacial score (nSPS) is 11.8. The zero-order chi connectivity index (χ0) is 54.0. The zero-order valence-corrected chi connectivity index (χ0v) is 45.0. The van der Waals surface area contributed by atoms with Gasteiger partial charge in [0, 0.05) is 48.6 Å². The molecule has 6 aromatic carbocycles. The van der Waals surface area contributed by atoms with E-state index in [0.717, 1.165) is 57.0 Å². The Morgan fingerprint density at radius 3 is 1.15 bits per heavy atom. The maximum Gasteiger partial charge on any atom is 2.00 e. The molecule has 75 heavy (non-hydrogen) atoms. The van der Waals surface area contributed by atoms with Crippen molar-refractivity contribution in [2.24, 2.45) is 0 Å². The van der Waals surface area contributed by atoms with Crippen LogP contribution in [0.1, 0.15) is 56.8 Å². The number of benzene rings is 6. The van der Waals surface area contributed by atoms with E-state index in [4.69, 9.17) is 17.8 Å². The minimum Gasteiger partial charge on any atom is -0.547 e. The number of nitrogens with one attached hydrogen (secondary N) is 2. The number of carboxylic acid groups (broad SMARTS) is 2. The van der Waals surface area contributed by atoms with Crippen molar-refractivity contribution in [3.8, 4) is 33.8 Å². The fourth-order valence-corrected chi connectivity index (χ4v) is 8.62. The molecule has 6 aromatic rings. The number of anilines is 2. The van der Waals surface area contributed by atoms with E-state index in [-0.39, 0.29) is 72.4 Å². The largest absolute Gasteiger partial charge is 2.00 e. The summed E-state index contributed by atoms with van der Waals surface area (Å²) in [5.74, 6) is -2.78. The van der Waals surface area contributed by atoms with Gasteiger partial charge in [-0.3, -0.25) is 9.59 Å². The van der Waals surface area contributed by atoms with E-state index in [1.54, 1.807) is 147 Å². The first-order chi connectivity index (χ1) is 35.2. The van der Waals surface area contributed by atoms with Gasteiger partial charge in [0.2, 0.25) is 0 Å². The molecule has 2 amide bonds. The first-order valence-electron chi connectivity index (χ1n) is 23.1. The van der Waals surface area contributed by atoms with Crippen LogP contribution in [0.5, 0.6) is 11.5 Å². The van der Waals surface area contributed by atoms with Gasteiger partial charge in [-0.15, -0.1) is 13.2 Å². The fraction of sp³-hybridized carbons (Fsp3) is 0.214. The minimum absolute atomic E-state index is 0. The molecule has 0 heterocycles. The van der Waals surface area contributed by atoms with Crippen LogP contribution in [-0.2, 0) is 65.0 Å². The van der Waals surface area contributed by atoms with Gasteiger partial charge in [-0.2, -0.15) is 16.8 Å². The van der Waals surface area contributed by atoms with Crippen molar-refractivity contribution in [1.29, 1.82) is 0 Å². The second kappa shape index (κ2) is 28.5. The molecular formula is C56H56MgN2O14S2. The van der Waals surface area contributed by atoms with Gasteiger partial charge >= 0.3 is 43.3 Å². The van der Waals surface area contributed by atoms with Gasteiger partial charge in [0.15, 0.2) is 0 Å². The Morgan fingerprint density at radius 1 is 0.533 bits per heavy atom. The molecule has 0 saturated carbocycles. The van der Waals surface area contributed by atoms with Crippen LogP contribution >= 0.6 is 0 Å². The second-order valence-electron chi connectivity index (χ2n) is 16.5. The average Bonchev–Trinajstić information content (AvgIpc) is 3.35. The molecule has 16 nitrogen and oxygen atoms in total. The number of hydrogen-bond acceptors (Lipinski definition) is 14. The molecule has 19 heteroatoms. The Bertz CT molecular complexity index is 2950. The average molecular weight is 1070 g/mol. The summed E-state index contributed by atoms with van der Waals surface area (Å²) in [4.78, 5) is 48.8. The molecule has 0 aliphatic heterocycles. The van der Waals surface area contributed by atoms with Crippen LogP contribution in [0.4, 0.5) is 11.4 Å². The summed E-state index contributed by atoms with van der Waals surface area (Å²) in [5, 5.41) is 28.2. The maximum atomic E-state index is 13.2. The van der Waals surface area contributed by atoms with Crippen LogP contribution in [0.25, 0.3) is 22.3 Å². The van der Waals surface area contributed by atoms with Crippen LogP contribution in [-0.4, -0.2) is 102 Å². The first-order valence-corrected chi connectivity index (χ1v) is 26.8. The Morgan fingerprint density at radius 2 is 0.867 bits per heavy atom. The van der Waals surface area contributed by atoms with Gasteiger partial charge in [0.05, 0.1) is 24.5 Å². The molecule has 0 radical (unpaired) electrons. The van der Waals surface area contributed by atoms with E-state index in [2.05, 4.69) is 23.8 Å². The van der Waals surface area contributed by atoms with Crippen molar-refractivity contribution in [3.05, 3.63) is 192 Å². The zero-order valence-electron chi connectivity index (χ0n) is 41.9. The predicted octanol–water partition coefficient (Wildman–Crippen LogP) is 6.36. The number of aliphatic carboxylic acids is 2.